The Morgan fingerprint density at radius 3 is 2.91 bits per heavy atom. The predicted molar refractivity (Wildman–Crippen MR) is 86.8 cm³/mol. The smallest absolute Gasteiger partial charge is 0.121 e. The molecule has 0 bridgehead atoms. The first kappa shape index (κ1) is 13.3. The highest BCUT2D eigenvalue weighted by molar-refractivity contribution is 5.76. The second-order valence-corrected chi connectivity index (χ2v) is 5.89. The van der Waals surface area contributed by atoms with Crippen LogP contribution in [0.15, 0.2) is 54.9 Å². The van der Waals surface area contributed by atoms with Crippen LogP contribution in [0.2, 0.25) is 0 Å². The van der Waals surface area contributed by atoms with E-state index in [2.05, 4.69) is 46.3 Å². The average molecular weight is 293 g/mol. The molecule has 0 N–H and O–H groups in total. The molecule has 0 radical (unpaired) electrons. The Balaban J connectivity index is 1.34. The van der Waals surface area contributed by atoms with E-state index in [1.54, 1.807) is 0 Å². The van der Waals surface area contributed by atoms with Gasteiger partial charge in [0.2, 0.25) is 0 Å². The highest BCUT2D eigenvalue weighted by Gasteiger charge is 2.34. The van der Waals surface area contributed by atoms with Gasteiger partial charge < -0.3 is 9.30 Å². The molecule has 0 amide bonds. The minimum absolute atomic E-state index is 0.530. The largest absolute Gasteiger partial charge is 0.492 e. The van der Waals surface area contributed by atoms with Gasteiger partial charge in [0.15, 0.2) is 0 Å². The van der Waals surface area contributed by atoms with E-state index in [9.17, 15) is 0 Å². The lowest BCUT2D eigenvalue weighted by Gasteiger charge is -2.07. The van der Waals surface area contributed by atoms with Gasteiger partial charge in [-0.1, -0.05) is 30.3 Å². The van der Waals surface area contributed by atoms with Crippen molar-refractivity contribution in [3.05, 3.63) is 60.4 Å². The Hall–Kier alpha value is -2.33. The molecule has 1 fully saturated rings. The summed E-state index contributed by atoms with van der Waals surface area (Å²) in [5.41, 5.74) is 3.47. The molecule has 1 saturated heterocycles. The monoisotopic (exact) mass is 293 g/mol. The molecule has 0 saturated carbocycles. The van der Waals surface area contributed by atoms with Gasteiger partial charge in [-0.3, -0.25) is 4.90 Å². The van der Waals surface area contributed by atoms with Crippen molar-refractivity contribution in [1.29, 1.82) is 0 Å². The van der Waals surface area contributed by atoms with Crippen molar-refractivity contribution >= 4 is 11.0 Å². The van der Waals surface area contributed by atoms with Gasteiger partial charge in [-0.25, -0.2) is 4.98 Å². The van der Waals surface area contributed by atoms with Crippen LogP contribution in [0.1, 0.15) is 5.56 Å². The van der Waals surface area contributed by atoms with Crippen LogP contribution in [0.5, 0.6) is 5.75 Å². The lowest BCUT2D eigenvalue weighted by Crippen LogP contribution is -2.10. The Morgan fingerprint density at radius 1 is 1.18 bits per heavy atom. The number of aryl methyl sites for hydroxylation is 1. The summed E-state index contributed by atoms with van der Waals surface area (Å²) in [4.78, 5) is 6.75. The number of hydrogen-bond acceptors (Lipinski definition) is 3. The van der Waals surface area contributed by atoms with Gasteiger partial charge in [0, 0.05) is 26.2 Å². The third-order valence-electron chi connectivity index (χ3n) is 4.20. The summed E-state index contributed by atoms with van der Waals surface area (Å²) in [6.45, 7) is 2.87. The van der Waals surface area contributed by atoms with E-state index in [4.69, 9.17) is 4.74 Å². The van der Waals surface area contributed by atoms with E-state index in [-0.39, 0.29) is 0 Å². The van der Waals surface area contributed by atoms with Gasteiger partial charge in [-0.05, 0) is 17.7 Å². The lowest BCUT2D eigenvalue weighted by atomic mass is 10.2. The first-order valence-electron chi connectivity index (χ1n) is 7.61. The van der Waals surface area contributed by atoms with E-state index < -0.39 is 0 Å². The summed E-state index contributed by atoms with van der Waals surface area (Å²) < 4.78 is 7.96. The standard InChI is InChI=1S/C18H19N3O/c1-20-13-19-17-8-7-16(9-18(17)20)22-12-15-11-21(15)10-14-5-3-2-4-6-14/h2-9,13,15H,10-12H2,1H3. The minimum atomic E-state index is 0.530. The first-order chi connectivity index (χ1) is 10.8. The average Bonchev–Trinajstić information content (AvgIpc) is 3.19. The number of imidazole rings is 1. The van der Waals surface area contributed by atoms with Crippen LogP contribution < -0.4 is 4.74 Å². The number of ether oxygens (including phenoxy) is 1. The van der Waals surface area contributed by atoms with Crippen LogP contribution in [0.25, 0.3) is 11.0 Å². The van der Waals surface area contributed by atoms with Crippen LogP contribution in [-0.4, -0.2) is 33.6 Å². The number of nitrogens with zero attached hydrogens (tertiary/aromatic N) is 3. The third-order valence-corrected chi connectivity index (χ3v) is 4.20. The maximum atomic E-state index is 5.95. The summed E-state index contributed by atoms with van der Waals surface area (Å²) in [6, 6.07) is 17.2. The van der Waals surface area contributed by atoms with E-state index in [1.807, 2.05) is 30.1 Å². The topological polar surface area (TPSA) is 30.1 Å². The minimum Gasteiger partial charge on any atom is -0.492 e. The van der Waals surface area contributed by atoms with Crippen molar-refractivity contribution in [3.8, 4) is 5.75 Å². The summed E-state index contributed by atoms with van der Waals surface area (Å²) in [7, 11) is 2.00. The van der Waals surface area contributed by atoms with Gasteiger partial charge in [0.25, 0.3) is 0 Å². The first-order valence-corrected chi connectivity index (χ1v) is 7.61. The number of hydrogen-bond donors (Lipinski definition) is 0. The second kappa shape index (κ2) is 5.46. The van der Waals surface area contributed by atoms with Crippen molar-refractivity contribution < 1.29 is 4.74 Å². The molecule has 1 aliphatic rings. The molecular formula is C18H19N3O. The molecular weight excluding hydrogens is 274 g/mol. The molecule has 0 spiro atoms. The summed E-state index contributed by atoms with van der Waals surface area (Å²) in [5, 5.41) is 0. The van der Waals surface area contributed by atoms with Gasteiger partial charge in [-0.15, -0.1) is 0 Å². The summed E-state index contributed by atoms with van der Waals surface area (Å²) in [5.74, 6) is 0.919. The quantitative estimate of drug-likeness (QED) is 0.678. The van der Waals surface area contributed by atoms with Crippen molar-refractivity contribution in [1.82, 2.24) is 14.5 Å². The molecule has 4 nitrogen and oxygen atoms in total. The van der Waals surface area contributed by atoms with E-state index >= 15 is 0 Å². The van der Waals surface area contributed by atoms with Crippen LogP contribution in [0.4, 0.5) is 0 Å². The third kappa shape index (κ3) is 2.70. The van der Waals surface area contributed by atoms with Gasteiger partial charge >= 0.3 is 0 Å². The van der Waals surface area contributed by atoms with Gasteiger partial charge in [-0.2, -0.15) is 0 Å². The molecule has 1 aliphatic heterocycles. The number of aromatic nitrogens is 2. The van der Waals surface area contributed by atoms with Crippen molar-refractivity contribution in [3.63, 3.8) is 0 Å². The maximum Gasteiger partial charge on any atom is 0.121 e. The molecule has 3 aromatic rings. The Morgan fingerprint density at radius 2 is 2.05 bits per heavy atom. The molecule has 22 heavy (non-hydrogen) atoms. The van der Waals surface area contributed by atoms with E-state index in [0.717, 1.165) is 36.5 Å². The zero-order valence-corrected chi connectivity index (χ0v) is 12.6. The van der Waals surface area contributed by atoms with Gasteiger partial charge in [0.1, 0.15) is 12.4 Å². The molecule has 2 unspecified atom stereocenters. The molecule has 4 rings (SSSR count). The molecule has 112 valence electrons. The number of rotatable bonds is 5. The number of benzene rings is 2. The van der Waals surface area contributed by atoms with E-state index in [0.29, 0.717) is 6.04 Å². The summed E-state index contributed by atoms with van der Waals surface area (Å²) in [6.07, 6.45) is 1.83. The normalized spacial score (nSPS) is 20.2. The van der Waals surface area contributed by atoms with Crippen LogP contribution in [-0.2, 0) is 13.6 Å². The zero-order chi connectivity index (χ0) is 14.9. The second-order valence-electron chi connectivity index (χ2n) is 5.89. The highest BCUT2D eigenvalue weighted by atomic mass is 16.5. The van der Waals surface area contributed by atoms with Crippen molar-refractivity contribution in [2.75, 3.05) is 13.2 Å². The fourth-order valence-electron chi connectivity index (χ4n) is 2.78. The molecule has 4 heteroatoms. The zero-order valence-electron chi connectivity index (χ0n) is 12.6. The van der Waals surface area contributed by atoms with Crippen molar-refractivity contribution in [2.45, 2.75) is 12.6 Å². The SMILES string of the molecule is Cn1cnc2ccc(OCC3CN3Cc3ccccc3)cc21. The fraction of sp³-hybridized carbons (Fsp3) is 0.278. The Kier molecular flexibility index (Phi) is 3.31. The fourth-order valence-corrected chi connectivity index (χ4v) is 2.78. The molecule has 1 aromatic heterocycles. The lowest BCUT2D eigenvalue weighted by molar-refractivity contribution is 0.293. The Bertz CT molecular complexity index is 781. The predicted octanol–water partition coefficient (Wildman–Crippen LogP) is 2.84. The maximum absolute atomic E-state index is 5.95. The highest BCUT2D eigenvalue weighted by Crippen LogP contribution is 2.24. The van der Waals surface area contributed by atoms with Gasteiger partial charge in [0.05, 0.1) is 23.4 Å². The van der Waals surface area contributed by atoms with Crippen LogP contribution in [0.3, 0.4) is 0 Å². The molecule has 0 aliphatic carbocycles. The Labute approximate surface area is 130 Å². The molecule has 2 atom stereocenters. The van der Waals surface area contributed by atoms with E-state index in [1.165, 1.54) is 5.56 Å². The van der Waals surface area contributed by atoms with Crippen LogP contribution in [0, 0.1) is 0 Å². The van der Waals surface area contributed by atoms with Crippen molar-refractivity contribution in [2.24, 2.45) is 7.05 Å². The molecule has 2 aromatic carbocycles. The number of fused-ring (bicyclic) bond motifs is 1. The summed E-state index contributed by atoms with van der Waals surface area (Å²) >= 11 is 0. The molecule has 2 heterocycles. The van der Waals surface area contributed by atoms with Crippen LogP contribution >= 0.6 is 0 Å².